The quantitative estimate of drug-likeness (QED) is 0.847. The Kier molecular flexibility index (Phi) is 3.54. The minimum absolute atomic E-state index is 0.114. The van der Waals surface area contributed by atoms with Crippen LogP contribution in [-0.2, 0) is 4.79 Å². The molecule has 1 amide bonds. The van der Waals surface area contributed by atoms with Crippen molar-refractivity contribution in [2.45, 2.75) is 6.42 Å². The van der Waals surface area contributed by atoms with E-state index in [9.17, 15) is 4.79 Å². The van der Waals surface area contributed by atoms with Gasteiger partial charge in [0.05, 0.1) is 12.1 Å². The zero-order valence-corrected chi connectivity index (χ0v) is 12.4. The van der Waals surface area contributed by atoms with Crippen LogP contribution >= 0.6 is 22.6 Å². The summed E-state index contributed by atoms with van der Waals surface area (Å²) in [7, 11) is 0. The SMILES string of the molecule is O=C1C[C@@H](COc2cc(I)cc3ncccc23)CN1. The molecule has 1 aromatic heterocycles. The number of carbonyl (C=O) groups is 1. The fraction of sp³-hybridized carbons (Fsp3) is 0.286. The van der Waals surface area contributed by atoms with E-state index in [-0.39, 0.29) is 11.8 Å². The van der Waals surface area contributed by atoms with Crippen LogP contribution in [0.15, 0.2) is 30.5 Å². The van der Waals surface area contributed by atoms with E-state index in [1.807, 2.05) is 24.3 Å². The second-order valence-electron chi connectivity index (χ2n) is 4.66. The molecule has 1 atom stereocenters. The van der Waals surface area contributed by atoms with Gasteiger partial charge < -0.3 is 10.1 Å². The highest BCUT2D eigenvalue weighted by molar-refractivity contribution is 14.1. The fourth-order valence-corrected chi connectivity index (χ4v) is 2.80. The standard InChI is InChI=1S/C14H13IN2O2/c15-10-5-12-11(2-1-3-16-12)13(6-10)19-8-9-4-14(18)17-7-9/h1-3,5-6,9H,4,7-8H2,(H,17,18)/t9-/m1/s1. The van der Waals surface area contributed by atoms with Crippen molar-refractivity contribution in [3.05, 3.63) is 34.0 Å². The number of ether oxygens (including phenoxy) is 1. The largest absolute Gasteiger partial charge is 0.492 e. The molecule has 0 saturated carbocycles. The van der Waals surface area contributed by atoms with Crippen LogP contribution in [-0.4, -0.2) is 24.0 Å². The molecule has 19 heavy (non-hydrogen) atoms. The maximum absolute atomic E-state index is 11.2. The third-order valence-electron chi connectivity index (χ3n) is 3.18. The lowest BCUT2D eigenvalue weighted by Crippen LogP contribution is -2.16. The molecule has 98 valence electrons. The highest BCUT2D eigenvalue weighted by atomic mass is 127. The Morgan fingerprint density at radius 3 is 3.16 bits per heavy atom. The van der Waals surface area contributed by atoms with Gasteiger partial charge >= 0.3 is 0 Å². The maximum atomic E-state index is 11.2. The van der Waals surface area contributed by atoms with Gasteiger partial charge in [0.25, 0.3) is 0 Å². The van der Waals surface area contributed by atoms with E-state index in [1.54, 1.807) is 6.20 Å². The molecule has 3 rings (SSSR count). The first kappa shape index (κ1) is 12.7. The molecule has 0 unspecified atom stereocenters. The lowest BCUT2D eigenvalue weighted by molar-refractivity contribution is -0.119. The third kappa shape index (κ3) is 2.80. The van der Waals surface area contributed by atoms with Crippen molar-refractivity contribution < 1.29 is 9.53 Å². The van der Waals surface area contributed by atoms with Gasteiger partial charge in [0, 0.05) is 34.0 Å². The van der Waals surface area contributed by atoms with Crippen LogP contribution in [0.5, 0.6) is 5.75 Å². The molecule has 1 aliphatic heterocycles. The third-order valence-corrected chi connectivity index (χ3v) is 3.81. The molecule has 1 aromatic carbocycles. The van der Waals surface area contributed by atoms with Gasteiger partial charge in [0.1, 0.15) is 5.75 Å². The molecule has 2 aromatic rings. The highest BCUT2D eigenvalue weighted by Gasteiger charge is 2.22. The monoisotopic (exact) mass is 368 g/mol. The normalized spacial score (nSPS) is 18.6. The number of rotatable bonds is 3. The van der Waals surface area contributed by atoms with Crippen molar-refractivity contribution in [3.63, 3.8) is 0 Å². The Labute approximate surface area is 124 Å². The van der Waals surface area contributed by atoms with Crippen LogP contribution in [0.1, 0.15) is 6.42 Å². The number of aromatic nitrogens is 1. The molecule has 0 radical (unpaired) electrons. The predicted molar refractivity (Wildman–Crippen MR) is 81.1 cm³/mol. The summed E-state index contributed by atoms with van der Waals surface area (Å²) in [5.74, 6) is 1.22. The van der Waals surface area contributed by atoms with Crippen molar-refractivity contribution in [2.75, 3.05) is 13.2 Å². The van der Waals surface area contributed by atoms with Gasteiger partial charge in [-0.25, -0.2) is 0 Å². The van der Waals surface area contributed by atoms with Crippen LogP contribution in [0.2, 0.25) is 0 Å². The van der Waals surface area contributed by atoms with Crippen LogP contribution in [0.3, 0.4) is 0 Å². The number of carbonyl (C=O) groups excluding carboxylic acids is 1. The molecule has 1 aliphatic rings. The first-order chi connectivity index (χ1) is 9.22. The van der Waals surface area contributed by atoms with Crippen molar-refractivity contribution >= 4 is 39.4 Å². The first-order valence-corrected chi connectivity index (χ1v) is 7.24. The molecular formula is C14H13IN2O2. The van der Waals surface area contributed by atoms with Gasteiger partial charge in [-0.05, 0) is 46.9 Å². The van der Waals surface area contributed by atoms with E-state index in [4.69, 9.17) is 4.74 Å². The number of pyridine rings is 1. The van der Waals surface area contributed by atoms with Crippen molar-refractivity contribution in [3.8, 4) is 5.75 Å². The Balaban J connectivity index is 1.82. The number of amides is 1. The van der Waals surface area contributed by atoms with Gasteiger partial charge in [-0.15, -0.1) is 0 Å². The van der Waals surface area contributed by atoms with Crippen LogP contribution in [0, 0.1) is 9.49 Å². The first-order valence-electron chi connectivity index (χ1n) is 6.16. The number of hydrogen-bond donors (Lipinski definition) is 1. The van der Waals surface area contributed by atoms with E-state index in [1.165, 1.54) is 0 Å². The van der Waals surface area contributed by atoms with Crippen LogP contribution in [0.4, 0.5) is 0 Å². The average Bonchev–Trinajstić information content (AvgIpc) is 2.81. The lowest BCUT2D eigenvalue weighted by atomic mass is 10.1. The van der Waals surface area contributed by atoms with Gasteiger partial charge in [0.2, 0.25) is 5.91 Å². The van der Waals surface area contributed by atoms with E-state index in [0.29, 0.717) is 19.6 Å². The molecule has 5 heteroatoms. The molecule has 2 heterocycles. The van der Waals surface area contributed by atoms with E-state index >= 15 is 0 Å². The number of nitrogens with one attached hydrogen (secondary N) is 1. The molecule has 0 bridgehead atoms. The molecule has 4 nitrogen and oxygen atoms in total. The van der Waals surface area contributed by atoms with E-state index in [0.717, 1.165) is 20.2 Å². The van der Waals surface area contributed by atoms with Crippen LogP contribution < -0.4 is 10.1 Å². The predicted octanol–water partition coefficient (Wildman–Crippen LogP) is 2.35. The smallest absolute Gasteiger partial charge is 0.220 e. The summed E-state index contributed by atoms with van der Waals surface area (Å²) in [4.78, 5) is 15.5. The zero-order chi connectivity index (χ0) is 13.2. The van der Waals surface area contributed by atoms with E-state index < -0.39 is 0 Å². The number of hydrogen-bond acceptors (Lipinski definition) is 3. The molecule has 1 N–H and O–H groups in total. The van der Waals surface area contributed by atoms with Gasteiger partial charge in [-0.2, -0.15) is 0 Å². The summed E-state index contributed by atoms with van der Waals surface area (Å²) in [6.45, 7) is 1.27. The molecule has 1 saturated heterocycles. The summed E-state index contributed by atoms with van der Waals surface area (Å²) in [6.07, 6.45) is 2.34. The van der Waals surface area contributed by atoms with Gasteiger partial charge in [0.15, 0.2) is 0 Å². The minimum Gasteiger partial charge on any atom is -0.492 e. The van der Waals surface area contributed by atoms with Crippen molar-refractivity contribution in [2.24, 2.45) is 5.92 Å². The Hall–Kier alpha value is -1.37. The molecule has 0 aliphatic carbocycles. The van der Waals surface area contributed by atoms with Crippen LogP contribution in [0.25, 0.3) is 10.9 Å². The van der Waals surface area contributed by atoms with Crippen molar-refractivity contribution in [1.29, 1.82) is 0 Å². The van der Waals surface area contributed by atoms with E-state index in [2.05, 4.69) is 32.9 Å². The molecule has 1 fully saturated rings. The number of fused-ring (bicyclic) bond motifs is 1. The Morgan fingerprint density at radius 2 is 2.37 bits per heavy atom. The lowest BCUT2D eigenvalue weighted by Gasteiger charge is -2.12. The summed E-state index contributed by atoms with van der Waals surface area (Å²) in [6, 6.07) is 7.95. The second kappa shape index (κ2) is 5.32. The zero-order valence-electron chi connectivity index (χ0n) is 10.2. The summed E-state index contributed by atoms with van der Waals surface area (Å²) >= 11 is 2.26. The highest BCUT2D eigenvalue weighted by Crippen LogP contribution is 2.27. The summed E-state index contributed by atoms with van der Waals surface area (Å²) in [5.41, 5.74) is 0.935. The number of halogens is 1. The maximum Gasteiger partial charge on any atom is 0.220 e. The number of benzene rings is 1. The molecular weight excluding hydrogens is 355 g/mol. The van der Waals surface area contributed by atoms with Crippen molar-refractivity contribution in [1.82, 2.24) is 10.3 Å². The average molecular weight is 368 g/mol. The summed E-state index contributed by atoms with van der Waals surface area (Å²) in [5, 5.41) is 3.84. The second-order valence-corrected chi connectivity index (χ2v) is 5.90. The topological polar surface area (TPSA) is 51.2 Å². The van der Waals surface area contributed by atoms with Gasteiger partial charge in [-0.3, -0.25) is 9.78 Å². The number of nitrogens with zero attached hydrogens (tertiary/aromatic N) is 1. The molecule has 0 spiro atoms. The Morgan fingerprint density at radius 1 is 1.47 bits per heavy atom. The van der Waals surface area contributed by atoms with Gasteiger partial charge in [-0.1, -0.05) is 0 Å². The fourth-order valence-electron chi connectivity index (χ4n) is 2.23. The minimum atomic E-state index is 0.114. The summed E-state index contributed by atoms with van der Waals surface area (Å²) < 4.78 is 6.99. The Bertz CT molecular complexity index is 630.